The summed E-state index contributed by atoms with van der Waals surface area (Å²) in [6.07, 6.45) is 5.23. The van der Waals surface area contributed by atoms with Crippen LogP contribution in [-0.2, 0) is 6.54 Å². The number of nitrogens with zero attached hydrogens (tertiary/aromatic N) is 6. The molecule has 5 heterocycles. The first-order valence-corrected chi connectivity index (χ1v) is 11.1. The lowest BCUT2D eigenvalue weighted by Crippen LogP contribution is -2.49. The number of imidazole rings is 1. The van der Waals surface area contributed by atoms with Crippen molar-refractivity contribution in [1.82, 2.24) is 24.3 Å². The summed E-state index contributed by atoms with van der Waals surface area (Å²) in [5.41, 5.74) is 2.92. The molecule has 2 saturated heterocycles. The molecule has 9 nitrogen and oxygen atoms in total. The summed E-state index contributed by atoms with van der Waals surface area (Å²) >= 11 is 0. The van der Waals surface area contributed by atoms with Crippen LogP contribution < -0.4 is 10.2 Å². The fourth-order valence-electron chi connectivity index (χ4n) is 4.92. The van der Waals surface area contributed by atoms with Gasteiger partial charge in [0.25, 0.3) is 0 Å². The van der Waals surface area contributed by atoms with Crippen LogP contribution in [0.2, 0.25) is 0 Å². The van der Waals surface area contributed by atoms with Crippen LogP contribution in [0.25, 0.3) is 16.9 Å². The molecule has 2 fully saturated rings. The summed E-state index contributed by atoms with van der Waals surface area (Å²) in [6.45, 7) is 1.39. The number of hydrogen-bond donors (Lipinski definition) is 2. The molecule has 3 aromatic heterocycles. The van der Waals surface area contributed by atoms with Crippen molar-refractivity contribution in [2.24, 2.45) is 0 Å². The van der Waals surface area contributed by atoms with Crippen molar-refractivity contribution in [3.05, 3.63) is 72.4 Å². The van der Waals surface area contributed by atoms with Gasteiger partial charge in [0.15, 0.2) is 0 Å². The van der Waals surface area contributed by atoms with Crippen LogP contribution in [0.1, 0.15) is 12.0 Å². The van der Waals surface area contributed by atoms with Gasteiger partial charge in [0, 0.05) is 55.4 Å². The lowest BCUT2D eigenvalue weighted by Gasteiger charge is -2.33. The Morgan fingerprint density at radius 2 is 2.00 bits per heavy atom. The van der Waals surface area contributed by atoms with Crippen LogP contribution >= 0.6 is 0 Å². The number of pyridine rings is 1. The zero-order chi connectivity index (χ0) is 23.2. The van der Waals surface area contributed by atoms with Crippen molar-refractivity contribution in [3.8, 4) is 11.3 Å². The number of likely N-dealkylation sites (tertiary alicyclic amines) is 1. The molecule has 1 aromatic carbocycles. The fraction of sp³-hybridized carbons (Fsp3) is 0.250. The fourth-order valence-corrected chi connectivity index (χ4v) is 4.92. The second-order valence-corrected chi connectivity index (χ2v) is 8.60. The van der Waals surface area contributed by atoms with Gasteiger partial charge in [-0.15, -0.1) is 0 Å². The van der Waals surface area contributed by atoms with Crippen LogP contribution in [-0.4, -0.2) is 60.6 Å². The molecule has 1 amide bonds. The summed E-state index contributed by atoms with van der Waals surface area (Å²) in [6, 6.07) is 12.4. The first-order valence-electron chi connectivity index (χ1n) is 11.1. The van der Waals surface area contributed by atoms with E-state index in [1.165, 1.54) is 11.0 Å². The number of fused-ring (bicyclic) bond motifs is 3. The summed E-state index contributed by atoms with van der Waals surface area (Å²) in [7, 11) is 0. The molecule has 172 valence electrons. The number of anilines is 2. The third kappa shape index (κ3) is 3.47. The minimum atomic E-state index is -0.867. The van der Waals surface area contributed by atoms with Crippen LogP contribution in [0.15, 0.2) is 61.1 Å². The van der Waals surface area contributed by atoms with Crippen molar-refractivity contribution in [3.63, 3.8) is 0 Å². The average Bonchev–Trinajstić information content (AvgIpc) is 3.59. The van der Waals surface area contributed by atoms with E-state index in [1.54, 1.807) is 30.6 Å². The van der Waals surface area contributed by atoms with E-state index in [9.17, 15) is 14.3 Å². The first-order chi connectivity index (χ1) is 16.6. The van der Waals surface area contributed by atoms with Crippen LogP contribution in [0.3, 0.4) is 0 Å². The molecule has 4 aromatic rings. The SMILES string of the molecule is O=C(O)N1CC2CC1CN2c1nc(-c2ccnc(NCc3ccccc3F)c2)cc2nccn12. The maximum atomic E-state index is 14.0. The molecule has 2 atom stereocenters. The first kappa shape index (κ1) is 20.4. The third-order valence-corrected chi connectivity index (χ3v) is 6.59. The largest absolute Gasteiger partial charge is 0.465 e. The maximum Gasteiger partial charge on any atom is 0.407 e. The molecule has 0 aliphatic carbocycles. The standard InChI is InChI=1S/C24H22FN7O2/c25-19-4-2-1-3-16(19)12-28-21-9-15(5-6-26-21)20-11-22-27-7-8-30(22)23(29-20)31-13-18-10-17(31)14-32(18)24(33)34/h1-9,11,17-18H,10,12-14H2,(H,26,28)(H,33,34). The van der Waals surface area contributed by atoms with Crippen molar-refractivity contribution in [2.45, 2.75) is 25.0 Å². The number of carbonyl (C=O) groups is 1. The lowest BCUT2D eigenvalue weighted by molar-refractivity contribution is 0.137. The van der Waals surface area contributed by atoms with Gasteiger partial charge in [-0.3, -0.25) is 4.40 Å². The van der Waals surface area contributed by atoms with Crippen LogP contribution in [0.4, 0.5) is 21.0 Å². The van der Waals surface area contributed by atoms with Gasteiger partial charge < -0.3 is 20.2 Å². The number of piperazine rings is 1. The number of carboxylic acid groups (broad SMARTS) is 1. The molecule has 2 bridgehead atoms. The smallest absolute Gasteiger partial charge is 0.407 e. The van der Waals surface area contributed by atoms with Gasteiger partial charge in [0.2, 0.25) is 5.95 Å². The third-order valence-electron chi connectivity index (χ3n) is 6.59. The highest BCUT2D eigenvalue weighted by molar-refractivity contribution is 5.70. The minimum Gasteiger partial charge on any atom is -0.465 e. The highest BCUT2D eigenvalue weighted by atomic mass is 19.1. The Labute approximate surface area is 194 Å². The Morgan fingerprint density at radius 3 is 2.79 bits per heavy atom. The summed E-state index contributed by atoms with van der Waals surface area (Å²) in [5.74, 6) is 1.11. The Balaban J connectivity index is 1.30. The predicted molar refractivity (Wildman–Crippen MR) is 124 cm³/mol. The van der Waals surface area contributed by atoms with Gasteiger partial charge in [-0.05, 0) is 24.6 Å². The van der Waals surface area contributed by atoms with E-state index in [0.717, 1.165) is 29.3 Å². The molecule has 0 radical (unpaired) electrons. The summed E-state index contributed by atoms with van der Waals surface area (Å²) in [4.78, 5) is 29.0. The normalized spacial score (nSPS) is 19.2. The number of benzene rings is 1. The minimum absolute atomic E-state index is 0.0263. The van der Waals surface area contributed by atoms with Crippen molar-refractivity contribution < 1.29 is 14.3 Å². The van der Waals surface area contributed by atoms with Gasteiger partial charge in [0.1, 0.15) is 17.3 Å². The number of halogens is 1. The number of amides is 1. The molecule has 34 heavy (non-hydrogen) atoms. The molecule has 6 rings (SSSR count). The molecule has 2 unspecified atom stereocenters. The van der Waals surface area contributed by atoms with Gasteiger partial charge in [-0.1, -0.05) is 18.2 Å². The van der Waals surface area contributed by atoms with Crippen molar-refractivity contribution in [1.29, 1.82) is 0 Å². The van der Waals surface area contributed by atoms with E-state index >= 15 is 0 Å². The van der Waals surface area contributed by atoms with E-state index in [2.05, 4.69) is 20.2 Å². The van der Waals surface area contributed by atoms with Gasteiger partial charge in [0.05, 0.1) is 17.8 Å². The van der Waals surface area contributed by atoms with Gasteiger partial charge in [-0.25, -0.2) is 24.1 Å². The zero-order valence-corrected chi connectivity index (χ0v) is 18.2. The highest BCUT2D eigenvalue weighted by Gasteiger charge is 2.46. The number of rotatable bonds is 5. The quantitative estimate of drug-likeness (QED) is 0.471. The number of aromatic nitrogens is 4. The van der Waals surface area contributed by atoms with E-state index in [1.807, 2.05) is 28.8 Å². The molecule has 0 spiro atoms. The Kier molecular flexibility index (Phi) is 4.79. The Morgan fingerprint density at radius 1 is 1.12 bits per heavy atom. The summed E-state index contributed by atoms with van der Waals surface area (Å²) in [5, 5.41) is 12.6. The summed E-state index contributed by atoms with van der Waals surface area (Å²) < 4.78 is 15.9. The molecular formula is C24H22FN7O2. The highest BCUT2D eigenvalue weighted by Crippen LogP contribution is 2.35. The van der Waals surface area contributed by atoms with Crippen LogP contribution in [0, 0.1) is 5.82 Å². The molecule has 0 saturated carbocycles. The second-order valence-electron chi connectivity index (χ2n) is 8.60. The molecule has 2 aliphatic rings. The second kappa shape index (κ2) is 7.98. The topological polar surface area (TPSA) is 98.9 Å². The van der Waals surface area contributed by atoms with Crippen LogP contribution in [0.5, 0.6) is 0 Å². The number of nitrogens with one attached hydrogen (secondary N) is 1. The number of hydrogen-bond acceptors (Lipinski definition) is 6. The molecular weight excluding hydrogens is 437 g/mol. The zero-order valence-electron chi connectivity index (χ0n) is 18.2. The van der Waals surface area contributed by atoms with E-state index in [0.29, 0.717) is 31.0 Å². The van der Waals surface area contributed by atoms with Crippen molar-refractivity contribution >= 4 is 23.5 Å². The van der Waals surface area contributed by atoms with E-state index < -0.39 is 6.09 Å². The Bertz CT molecular complexity index is 1390. The molecule has 10 heteroatoms. The maximum absolute atomic E-state index is 14.0. The lowest BCUT2D eigenvalue weighted by atomic mass is 10.1. The predicted octanol–water partition coefficient (Wildman–Crippen LogP) is 3.48. The van der Waals surface area contributed by atoms with E-state index in [4.69, 9.17) is 4.98 Å². The average molecular weight is 459 g/mol. The van der Waals surface area contributed by atoms with Crippen molar-refractivity contribution in [2.75, 3.05) is 23.3 Å². The van der Waals surface area contributed by atoms with Gasteiger partial charge >= 0.3 is 6.09 Å². The van der Waals surface area contributed by atoms with E-state index in [-0.39, 0.29) is 17.9 Å². The van der Waals surface area contributed by atoms with Gasteiger partial charge in [-0.2, -0.15) is 0 Å². The Hall–Kier alpha value is -4.21. The molecule has 2 aliphatic heterocycles. The molecule has 2 N–H and O–H groups in total. The monoisotopic (exact) mass is 459 g/mol.